The Labute approximate surface area is 111 Å². The molecule has 1 aliphatic heterocycles. The molecule has 1 aromatic carbocycles. The van der Waals surface area contributed by atoms with E-state index in [1.807, 2.05) is 32.0 Å². The molecule has 19 heavy (non-hydrogen) atoms. The van der Waals surface area contributed by atoms with E-state index >= 15 is 0 Å². The van der Waals surface area contributed by atoms with Gasteiger partial charge in [-0.2, -0.15) is 4.98 Å². The van der Waals surface area contributed by atoms with E-state index < -0.39 is 0 Å². The zero-order chi connectivity index (χ0) is 13.4. The van der Waals surface area contributed by atoms with Crippen LogP contribution < -0.4 is 10.5 Å². The van der Waals surface area contributed by atoms with Crippen LogP contribution in [0, 0.1) is 5.92 Å². The standard InChI is InChI=1S/C14H17N3O2/c1-8(2)12(15)14-16-13(17-19-14)11-7-9-5-3-4-6-10(9)18-11/h3-6,8,11-12H,7,15H2,1-2H3/t11?,12-/m0/s1. The maximum Gasteiger partial charge on any atom is 0.243 e. The van der Waals surface area contributed by atoms with Gasteiger partial charge in [0.2, 0.25) is 11.7 Å². The average Bonchev–Trinajstić information content (AvgIpc) is 3.03. The van der Waals surface area contributed by atoms with Gasteiger partial charge in [-0.3, -0.25) is 0 Å². The number of ether oxygens (including phenoxy) is 1. The van der Waals surface area contributed by atoms with E-state index in [-0.39, 0.29) is 18.1 Å². The Kier molecular flexibility index (Phi) is 2.98. The monoisotopic (exact) mass is 259 g/mol. The largest absolute Gasteiger partial charge is 0.482 e. The molecule has 0 aliphatic carbocycles. The summed E-state index contributed by atoms with van der Waals surface area (Å²) < 4.78 is 11.1. The normalized spacial score (nSPS) is 19.3. The molecule has 1 aromatic heterocycles. The summed E-state index contributed by atoms with van der Waals surface area (Å²) in [6, 6.07) is 7.73. The van der Waals surface area contributed by atoms with Crippen molar-refractivity contribution in [3.05, 3.63) is 41.5 Å². The van der Waals surface area contributed by atoms with E-state index in [4.69, 9.17) is 15.0 Å². The van der Waals surface area contributed by atoms with Gasteiger partial charge >= 0.3 is 0 Å². The van der Waals surface area contributed by atoms with Crippen molar-refractivity contribution < 1.29 is 9.26 Å². The molecule has 0 bridgehead atoms. The van der Waals surface area contributed by atoms with E-state index in [9.17, 15) is 0 Å². The van der Waals surface area contributed by atoms with Crippen molar-refractivity contribution in [2.24, 2.45) is 11.7 Å². The van der Waals surface area contributed by atoms with E-state index in [0.29, 0.717) is 11.7 Å². The van der Waals surface area contributed by atoms with Crippen LogP contribution in [0.4, 0.5) is 0 Å². The summed E-state index contributed by atoms with van der Waals surface area (Å²) in [7, 11) is 0. The van der Waals surface area contributed by atoms with Crippen molar-refractivity contribution in [2.75, 3.05) is 0 Å². The first-order valence-electron chi connectivity index (χ1n) is 6.49. The molecule has 0 saturated heterocycles. The van der Waals surface area contributed by atoms with Gasteiger partial charge < -0.3 is 15.0 Å². The van der Waals surface area contributed by atoms with Gasteiger partial charge in [0.1, 0.15) is 5.75 Å². The zero-order valence-electron chi connectivity index (χ0n) is 11.0. The van der Waals surface area contributed by atoms with Crippen molar-refractivity contribution in [1.29, 1.82) is 0 Å². The molecule has 100 valence electrons. The fourth-order valence-electron chi connectivity index (χ4n) is 2.12. The minimum absolute atomic E-state index is 0.172. The van der Waals surface area contributed by atoms with E-state index in [1.54, 1.807) is 0 Å². The van der Waals surface area contributed by atoms with Crippen LogP contribution in [0.5, 0.6) is 5.75 Å². The molecule has 0 amide bonds. The van der Waals surface area contributed by atoms with Gasteiger partial charge in [0, 0.05) is 6.42 Å². The quantitative estimate of drug-likeness (QED) is 0.916. The molecule has 3 rings (SSSR count). The van der Waals surface area contributed by atoms with Gasteiger partial charge in [-0.25, -0.2) is 0 Å². The van der Waals surface area contributed by atoms with Gasteiger partial charge in [-0.15, -0.1) is 0 Å². The predicted octanol–water partition coefficient (Wildman–Crippen LogP) is 2.40. The van der Waals surface area contributed by atoms with Gasteiger partial charge in [0.05, 0.1) is 6.04 Å². The summed E-state index contributed by atoms with van der Waals surface area (Å²) in [5.41, 5.74) is 7.17. The number of nitrogens with two attached hydrogens (primary N) is 1. The number of benzene rings is 1. The maximum absolute atomic E-state index is 6.00. The summed E-state index contributed by atoms with van der Waals surface area (Å²) >= 11 is 0. The second-order valence-electron chi connectivity index (χ2n) is 5.18. The van der Waals surface area contributed by atoms with Gasteiger partial charge in [0.15, 0.2) is 6.10 Å². The van der Waals surface area contributed by atoms with E-state index in [1.165, 1.54) is 5.56 Å². The van der Waals surface area contributed by atoms with Crippen LogP contribution in [0.1, 0.15) is 43.3 Å². The molecule has 2 N–H and O–H groups in total. The SMILES string of the molecule is CC(C)[C@H](N)c1nc(C2Cc3ccccc3O2)no1. The lowest BCUT2D eigenvalue weighted by molar-refractivity contribution is 0.220. The summed E-state index contributed by atoms with van der Waals surface area (Å²) in [5.74, 6) is 2.20. The van der Waals surface area contributed by atoms with Crippen LogP contribution >= 0.6 is 0 Å². The van der Waals surface area contributed by atoms with E-state index in [0.717, 1.165) is 12.2 Å². The molecular formula is C14H17N3O2. The second kappa shape index (κ2) is 4.66. The molecule has 2 heterocycles. The number of rotatable bonds is 3. The van der Waals surface area contributed by atoms with Crippen molar-refractivity contribution in [1.82, 2.24) is 10.1 Å². The number of hydrogen-bond acceptors (Lipinski definition) is 5. The van der Waals surface area contributed by atoms with E-state index in [2.05, 4.69) is 16.2 Å². The average molecular weight is 259 g/mol. The lowest BCUT2D eigenvalue weighted by atomic mass is 10.1. The fraction of sp³-hybridized carbons (Fsp3) is 0.429. The van der Waals surface area contributed by atoms with Gasteiger partial charge in [-0.1, -0.05) is 37.2 Å². The topological polar surface area (TPSA) is 74.2 Å². The van der Waals surface area contributed by atoms with Crippen LogP contribution in [0.15, 0.2) is 28.8 Å². The van der Waals surface area contributed by atoms with Crippen molar-refractivity contribution in [3.63, 3.8) is 0 Å². The fourth-order valence-corrected chi connectivity index (χ4v) is 2.12. The number of hydrogen-bond donors (Lipinski definition) is 1. The molecule has 1 unspecified atom stereocenters. The number of nitrogens with zero attached hydrogens (tertiary/aromatic N) is 2. The predicted molar refractivity (Wildman–Crippen MR) is 69.6 cm³/mol. The third-order valence-corrected chi connectivity index (χ3v) is 3.40. The van der Waals surface area contributed by atoms with Crippen LogP contribution in [-0.2, 0) is 6.42 Å². The first kappa shape index (κ1) is 12.2. The molecule has 2 atom stereocenters. The molecule has 0 radical (unpaired) electrons. The maximum atomic E-state index is 6.00. The highest BCUT2D eigenvalue weighted by Crippen LogP contribution is 2.35. The zero-order valence-corrected chi connectivity index (χ0v) is 11.0. The second-order valence-corrected chi connectivity index (χ2v) is 5.18. The van der Waals surface area contributed by atoms with Crippen LogP contribution in [0.3, 0.4) is 0 Å². The first-order valence-corrected chi connectivity index (χ1v) is 6.49. The minimum Gasteiger partial charge on any atom is -0.482 e. The Balaban J connectivity index is 1.79. The Morgan fingerprint density at radius 2 is 2.11 bits per heavy atom. The van der Waals surface area contributed by atoms with Crippen molar-refractivity contribution >= 4 is 0 Å². The highest BCUT2D eigenvalue weighted by atomic mass is 16.5. The summed E-state index contributed by atoms with van der Waals surface area (Å²) in [5, 5.41) is 3.99. The molecule has 5 heteroatoms. The van der Waals surface area contributed by atoms with Gasteiger partial charge in [-0.05, 0) is 17.5 Å². The molecule has 5 nitrogen and oxygen atoms in total. The Bertz CT molecular complexity index is 555. The molecular weight excluding hydrogens is 242 g/mol. The third kappa shape index (κ3) is 2.21. The minimum atomic E-state index is -0.231. The summed E-state index contributed by atoms with van der Waals surface area (Å²) in [6.45, 7) is 4.05. The molecule has 2 aromatic rings. The van der Waals surface area contributed by atoms with Crippen LogP contribution in [0.2, 0.25) is 0 Å². The molecule has 0 fully saturated rings. The molecule has 0 spiro atoms. The lowest BCUT2D eigenvalue weighted by Crippen LogP contribution is -2.17. The summed E-state index contributed by atoms with van der Waals surface area (Å²) in [6.07, 6.45) is 0.598. The smallest absolute Gasteiger partial charge is 0.243 e. The molecule has 0 saturated carbocycles. The Morgan fingerprint density at radius 1 is 1.32 bits per heavy atom. The summed E-state index contributed by atoms with van der Waals surface area (Å²) in [4.78, 5) is 4.37. The number of para-hydroxylation sites is 1. The highest BCUT2D eigenvalue weighted by Gasteiger charge is 2.29. The first-order chi connectivity index (χ1) is 9.15. The van der Waals surface area contributed by atoms with Crippen LogP contribution in [0.25, 0.3) is 0 Å². The lowest BCUT2D eigenvalue weighted by Gasteiger charge is -2.09. The third-order valence-electron chi connectivity index (χ3n) is 3.40. The highest BCUT2D eigenvalue weighted by molar-refractivity contribution is 5.37. The molecule has 1 aliphatic rings. The van der Waals surface area contributed by atoms with Crippen molar-refractivity contribution in [3.8, 4) is 5.75 Å². The Hall–Kier alpha value is -1.88. The van der Waals surface area contributed by atoms with Gasteiger partial charge in [0.25, 0.3) is 0 Å². The number of fused-ring (bicyclic) bond motifs is 1. The van der Waals surface area contributed by atoms with Crippen LogP contribution in [-0.4, -0.2) is 10.1 Å². The Morgan fingerprint density at radius 3 is 2.84 bits per heavy atom. The number of aromatic nitrogens is 2. The van der Waals surface area contributed by atoms with Crippen molar-refractivity contribution in [2.45, 2.75) is 32.4 Å².